The van der Waals surface area contributed by atoms with Crippen LogP contribution in [-0.2, 0) is 0 Å². The van der Waals surface area contributed by atoms with E-state index in [1.54, 1.807) is 12.1 Å². The molecule has 0 saturated carbocycles. The molecule has 1 aromatic carbocycles. The Labute approximate surface area is 80.7 Å². The summed E-state index contributed by atoms with van der Waals surface area (Å²) in [5.41, 5.74) is 1.53. The average Bonchev–Trinajstić information content (AvgIpc) is 2.46. The van der Waals surface area contributed by atoms with Crippen molar-refractivity contribution in [2.24, 2.45) is 0 Å². The van der Waals surface area contributed by atoms with Crippen molar-refractivity contribution < 1.29 is 4.42 Å². The molecule has 1 heterocycles. The van der Waals surface area contributed by atoms with Crippen molar-refractivity contribution >= 4 is 28.7 Å². The van der Waals surface area contributed by atoms with E-state index in [0.29, 0.717) is 11.0 Å². The predicted molar refractivity (Wildman–Crippen MR) is 53.2 cm³/mol. The van der Waals surface area contributed by atoms with Gasteiger partial charge in [0.25, 0.3) is 6.01 Å². The van der Waals surface area contributed by atoms with Crippen LogP contribution in [0, 0.1) is 0 Å². The van der Waals surface area contributed by atoms with Crippen LogP contribution in [0.25, 0.3) is 11.1 Å². The maximum Gasteiger partial charge on any atom is 0.295 e. The summed E-state index contributed by atoms with van der Waals surface area (Å²) in [6, 6.07) is 5.91. The molecule has 0 fully saturated rings. The monoisotopic (exact) mass is 196 g/mol. The molecule has 0 spiro atoms. The number of hydrogen-bond donors (Lipinski definition) is 1. The zero-order chi connectivity index (χ0) is 9.26. The van der Waals surface area contributed by atoms with Gasteiger partial charge in [0.1, 0.15) is 5.52 Å². The number of hydrogen-bond acceptors (Lipinski definition) is 3. The molecule has 0 radical (unpaired) electrons. The smallest absolute Gasteiger partial charge is 0.295 e. The molecule has 13 heavy (non-hydrogen) atoms. The van der Waals surface area contributed by atoms with Gasteiger partial charge in [0.2, 0.25) is 0 Å². The second-order valence-electron chi connectivity index (χ2n) is 2.66. The van der Waals surface area contributed by atoms with Crippen molar-refractivity contribution in [1.29, 1.82) is 0 Å². The minimum absolute atomic E-state index is 0.541. The Kier molecular flexibility index (Phi) is 2.10. The number of nitrogens with one attached hydrogen (secondary N) is 1. The van der Waals surface area contributed by atoms with Crippen molar-refractivity contribution in [3.63, 3.8) is 0 Å². The first kappa shape index (κ1) is 8.38. The van der Waals surface area contributed by atoms with Crippen LogP contribution in [0.1, 0.15) is 6.92 Å². The van der Waals surface area contributed by atoms with Gasteiger partial charge in [0, 0.05) is 11.6 Å². The van der Waals surface area contributed by atoms with Gasteiger partial charge in [0.05, 0.1) is 0 Å². The molecule has 0 aliphatic rings. The first-order valence-corrected chi connectivity index (χ1v) is 4.47. The maximum atomic E-state index is 5.80. The van der Waals surface area contributed by atoms with Crippen LogP contribution in [0.2, 0.25) is 5.02 Å². The first-order valence-electron chi connectivity index (χ1n) is 4.09. The SMILES string of the molecule is CCNc1nc2cc(Cl)ccc2o1. The highest BCUT2D eigenvalue weighted by Gasteiger charge is 2.03. The van der Waals surface area contributed by atoms with Gasteiger partial charge >= 0.3 is 0 Å². The van der Waals surface area contributed by atoms with Gasteiger partial charge in [-0.1, -0.05) is 11.6 Å². The Bertz CT molecular complexity index is 424. The lowest BCUT2D eigenvalue weighted by atomic mass is 10.3. The number of rotatable bonds is 2. The molecular weight excluding hydrogens is 188 g/mol. The van der Waals surface area contributed by atoms with Gasteiger partial charge in [-0.25, -0.2) is 0 Å². The lowest BCUT2D eigenvalue weighted by Gasteiger charge is -1.91. The molecule has 1 aromatic heterocycles. The van der Waals surface area contributed by atoms with E-state index in [9.17, 15) is 0 Å². The molecule has 0 saturated heterocycles. The molecule has 0 aliphatic heterocycles. The van der Waals surface area contributed by atoms with Crippen LogP contribution in [-0.4, -0.2) is 11.5 Å². The highest BCUT2D eigenvalue weighted by atomic mass is 35.5. The summed E-state index contributed by atoms with van der Waals surface area (Å²) in [5.74, 6) is 0. The molecule has 0 aliphatic carbocycles. The third-order valence-corrected chi connectivity index (χ3v) is 1.91. The number of nitrogens with zero attached hydrogens (tertiary/aromatic N) is 1. The van der Waals surface area contributed by atoms with Gasteiger partial charge in [-0.3, -0.25) is 0 Å². The van der Waals surface area contributed by atoms with Crippen molar-refractivity contribution in [2.75, 3.05) is 11.9 Å². The van der Waals surface area contributed by atoms with E-state index in [1.807, 2.05) is 13.0 Å². The van der Waals surface area contributed by atoms with Crippen LogP contribution in [0.3, 0.4) is 0 Å². The van der Waals surface area contributed by atoms with Crippen LogP contribution in [0.4, 0.5) is 6.01 Å². The van der Waals surface area contributed by atoms with Gasteiger partial charge in [-0.05, 0) is 25.1 Å². The summed E-state index contributed by atoms with van der Waals surface area (Å²) >= 11 is 5.80. The van der Waals surface area contributed by atoms with Crippen molar-refractivity contribution in [3.05, 3.63) is 23.2 Å². The summed E-state index contributed by atoms with van der Waals surface area (Å²) in [6.07, 6.45) is 0. The second kappa shape index (κ2) is 3.26. The van der Waals surface area contributed by atoms with Gasteiger partial charge < -0.3 is 9.73 Å². The Balaban J connectivity index is 2.49. The van der Waals surface area contributed by atoms with E-state index in [0.717, 1.165) is 17.6 Å². The standard InChI is InChI=1S/C9H9ClN2O/c1-2-11-9-12-7-5-6(10)3-4-8(7)13-9/h3-5H,2H2,1H3,(H,11,12). The third kappa shape index (κ3) is 1.60. The molecule has 2 rings (SSSR count). The average molecular weight is 197 g/mol. The predicted octanol–water partition coefficient (Wildman–Crippen LogP) is 2.91. The molecular formula is C9H9ClN2O. The Morgan fingerprint density at radius 3 is 3.15 bits per heavy atom. The lowest BCUT2D eigenvalue weighted by Crippen LogP contribution is -1.95. The number of oxazole rings is 1. The fourth-order valence-corrected chi connectivity index (χ4v) is 1.29. The van der Waals surface area contributed by atoms with Gasteiger partial charge in [-0.2, -0.15) is 4.98 Å². The lowest BCUT2D eigenvalue weighted by molar-refractivity contribution is 0.616. The fraction of sp³-hybridized carbons (Fsp3) is 0.222. The van der Waals surface area contributed by atoms with E-state index >= 15 is 0 Å². The summed E-state index contributed by atoms with van der Waals surface area (Å²) in [6.45, 7) is 2.78. The topological polar surface area (TPSA) is 38.1 Å². The Morgan fingerprint density at radius 1 is 1.54 bits per heavy atom. The molecule has 0 bridgehead atoms. The molecule has 3 nitrogen and oxygen atoms in total. The minimum Gasteiger partial charge on any atom is -0.424 e. The third-order valence-electron chi connectivity index (χ3n) is 1.68. The molecule has 0 unspecified atom stereocenters. The van der Waals surface area contributed by atoms with Crippen LogP contribution >= 0.6 is 11.6 Å². The number of benzene rings is 1. The molecule has 68 valence electrons. The normalized spacial score (nSPS) is 10.6. The molecule has 0 atom stereocenters. The zero-order valence-corrected chi connectivity index (χ0v) is 7.93. The fourth-order valence-electron chi connectivity index (χ4n) is 1.13. The summed E-state index contributed by atoms with van der Waals surface area (Å²) in [7, 11) is 0. The van der Waals surface area contributed by atoms with E-state index in [-0.39, 0.29) is 0 Å². The summed E-state index contributed by atoms with van der Waals surface area (Å²) in [5, 5.41) is 3.67. The molecule has 0 amide bonds. The number of anilines is 1. The van der Waals surface area contributed by atoms with E-state index in [4.69, 9.17) is 16.0 Å². The summed E-state index contributed by atoms with van der Waals surface area (Å²) in [4.78, 5) is 4.20. The zero-order valence-electron chi connectivity index (χ0n) is 7.17. The molecule has 1 N–H and O–H groups in total. The van der Waals surface area contributed by atoms with Gasteiger partial charge in [0.15, 0.2) is 5.58 Å². The number of fused-ring (bicyclic) bond motifs is 1. The molecule has 4 heteroatoms. The highest BCUT2D eigenvalue weighted by Crippen LogP contribution is 2.21. The number of aromatic nitrogens is 1. The van der Waals surface area contributed by atoms with Crippen LogP contribution in [0.15, 0.2) is 22.6 Å². The van der Waals surface area contributed by atoms with E-state index in [1.165, 1.54) is 0 Å². The highest BCUT2D eigenvalue weighted by molar-refractivity contribution is 6.31. The number of halogens is 1. The maximum absolute atomic E-state index is 5.80. The first-order chi connectivity index (χ1) is 6.29. The van der Waals surface area contributed by atoms with E-state index in [2.05, 4.69) is 10.3 Å². The Hall–Kier alpha value is -1.22. The largest absolute Gasteiger partial charge is 0.424 e. The van der Waals surface area contributed by atoms with Crippen molar-refractivity contribution in [2.45, 2.75) is 6.92 Å². The van der Waals surface area contributed by atoms with Gasteiger partial charge in [-0.15, -0.1) is 0 Å². The quantitative estimate of drug-likeness (QED) is 0.803. The second-order valence-corrected chi connectivity index (χ2v) is 3.10. The van der Waals surface area contributed by atoms with Crippen molar-refractivity contribution in [1.82, 2.24) is 4.98 Å². The summed E-state index contributed by atoms with van der Waals surface area (Å²) < 4.78 is 5.38. The molecule has 2 aromatic rings. The van der Waals surface area contributed by atoms with Crippen LogP contribution < -0.4 is 5.32 Å². The van der Waals surface area contributed by atoms with Crippen LogP contribution in [0.5, 0.6) is 0 Å². The van der Waals surface area contributed by atoms with Crippen molar-refractivity contribution in [3.8, 4) is 0 Å². The minimum atomic E-state index is 0.541. The van der Waals surface area contributed by atoms with E-state index < -0.39 is 0 Å². The Morgan fingerprint density at radius 2 is 2.38 bits per heavy atom.